The van der Waals surface area contributed by atoms with Gasteiger partial charge in [0.1, 0.15) is 0 Å². The summed E-state index contributed by atoms with van der Waals surface area (Å²) in [7, 11) is 0. The number of hydrogen-bond acceptors (Lipinski definition) is 2. The van der Waals surface area contributed by atoms with Crippen molar-refractivity contribution in [3.05, 3.63) is 30.1 Å². The van der Waals surface area contributed by atoms with E-state index in [2.05, 4.69) is 15.6 Å². The van der Waals surface area contributed by atoms with E-state index in [1.165, 1.54) is 38.5 Å². The number of amides is 2. The highest BCUT2D eigenvalue weighted by Crippen LogP contribution is 2.55. The Morgan fingerprint density at radius 1 is 1.18 bits per heavy atom. The van der Waals surface area contributed by atoms with Gasteiger partial charge in [-0.2, -0.15) is 0 Å². The lowest BCUT2D eigenvalue weighted by Gasteiger charge is -2.56. The Morgan fingerprint density at radius 2 is 1.82 bits per heavy atom. The lowest BCUT2D eigenvalue weighted by atomic mass is 9.53. The van der Waals surface area contributed by atoms with Crippen molar-refractivity contribution < 1.29 is 4.79 Å². The summed E-state index contributed by atoms with van der Waals surface area (Å²) in [5, 5.41) is 6.41. The van der Waals surface area contributed by atoms with Crippen LogP contribution in [-0.4, -0.2) is 16.6 Å². The maximum atomic E-state index is 12.5. The first-order chi connectivity index (χ1) is 10.6. The number of nitrogens with zero attached hydrogens (tertiary/aromatic N) is 1. The quantitative estimate of drug-likeness (QED) is 0.898. The van der Waals surface area contributed by atoms with Gasteiger partial charge in [0.2, 0.25) is 0 Å². The maximum Gasteiger partial charge on any atom is 0.315 e. The van der Waals surface area contributed by atoms with Crippen LogP contribution in [0.1, 0.15) is 57.2 Å². The van der Waals surface area contributed by atoms with Crippen LogP contribution >= 0.6 is 0 Å². The van der Waals surface area contributed by atoms with E-state index in [1.54, 1.807) is 6.20 Å². The van der Waals surface area contributed by atoms with Gasteiger partial charge in [-0.25, -0.2) is 4.79 Å². The van der Waals surface area contributed by atoms with Gasteiger partial charge < -0.3 is 10.6 Å². The topological polar surface area (TPSA) is 54.0 Å². The van der Waals surface area contributed by atoms with Crippen LogP contribution in [0.5, 0.6) is 0 Å². The number of urea groups is 1. The van der Waals surface area contributed by atoms with Gasteiger partial charge in [0.15, 0.2) is 0 Å². The van der Waals surface area contributed by atoms with Gasteiger partial charge in [0.25, 0.3) is 0 Å². The second-order valence-electron chi connectivity index (χ2n) is 7.77. The molecule has 0 saturated heterocycles. The number of carbonyl (C=O) groups excluding carboxylic acids is 1. The summed E-state index contributed by atoms with van der Waals surface area (Å²) < 4.78 is 0. The lowest BCUT2D eigenvalue weighted by molar-refractivity contribution is -0.0136. The highest BCUT2D eigenvalue weighted by atomic mass is 16.2. The molecule has 1 aromatic rings. The van der Waals surface area contributed by atoms with E-state index >= 15 is 0 Å². The molecule has 4 aliphatic rings. The number of nitrogens with one attached hydrogen (secondary N) is 2. The third kappa shape index (κ3) is 2.59. The van der Waals surface area contributed by atoms with Crippen LogP contribution in [-0.2, 0) is 0 Å². The van der Waals surface area contributed by atoms with Crippen LogP contribution in [0, 0.1) is 17.8 Å². The predicted molar refractivity (Wildman–Crippen MR) is 85.2 cm³/mol. The first-order valence-corrected chi connectivity index (χ1v) is 8.61. The minimum atomic E-state index is -0.0601. The van der Waals surface area contributed by atoms with Crippen LogP contribution in [0.15, 0.2) is 24.4 Å². The van der Waals surface area contributed by atoms with Crippen molar-refractivity contribution in [1.29, 1.82) is 0 Å². The molecule has 5 rings (SSSR count). The van der Waals surface area contributed by atoms with Gasteiger partial charge in [-0.15, -0.1) is 0 Å². The molecule has 1 heterocycles. The standard InChI is InChI=1S/C18H25N3O/c1-12(16-4-2-3-5-19-16)20-17(22)21-18-9-13-6-14(10-18)8-15(7-13)11-18/h2-5,12-15H,6-11H2,1H3,(H2,20,21,22). The van der Waals surface area contributed by atoms with Crippen molar-refractivity contribution in [2.45, 2.75) is 57.0 Å². The number of pyridine rings is 1. The summed E-state index contributed by atoms with van der Waals surface area (Å²) in [6.45, 7) is 1.99. The Hall–Kier alpha value is -1.58. The Morgan fingerprint density at radius 3 is 2.36 bits per heavy atom. The van der Waals surface area contributed by atoms with Crippen LogP contribution < -0.4 is 10.6 Å². The minimum Gasteiger partial charge on any atom is -0.333 e. The number of rotatable bonds is 3. The van der Waals surface area contributed by atoms with Gasteiger partial charge in [-0.05, 0) is 75.3 Å². The summed E-state index contributed by atoms with van der Waals surface area (Å²) in [4.78, 5) is 16.8. The fourth-order valence-corrected chi connectivity index (χ4v) is 5.44. The van der Waals surface area contributed by atoms with E-state index in [0.717, 1.165) is 23.4 Å². The van der Waals surface area contributed by atoms with E-state index in [1.807, 2.05) is 25.1 Å². The molecule has 4 nitrogen and oxygen atoms in total. The van der Waals surface area contributed by atoms with Crippen molar-refractivity contribution in [2.24, 2.45) is 17.8 Å². The highest BCUT2D eigenvalue weighted by Gasteiger charge is 2.51. The van der Waals surface area contributed by atoms with Gasteiger partial charge in [-0.3, -0.25) is 4.98 Å². The molecular weight excluding hydrogens is 274 g/mol. The molecule has 118 valence electrons. The molecule has 0 spiro atoms. The minimum absolute atomic E-state index is 0.0277. The molecule has 4 saturated carbocycles. The van der Waals surface area contributed by atoms with Gasteiger partial charge in [0, 0.05) is 11.7 Å². The number of aromatic nitrogens is 1. The van der Waals surface area contributed by atoms with E-state index in [0.29, 0.717) is 0 Å². The fourth-order valence-electron chi connectivity index (χ4n) is 5.44. The molecule has 1 atom stereocenters. The van der Waals surface area contributed by atoms with Crippen LogP contribution in [0.4, 0.5) is 4.79 Å². The third-order valence-corrected chi connectivity index (χ3v) is 5.90. The summed E-state index contributed by atoms with van der Waals surface area (Å²) in [5.74, 6) is 2.54. The van der Waals surface area contributed by atoms with E-state index in [-0.39, 0.29) is 17.6 Å². The number of carbonyl (C=O) groups is 1. The molecule has 4 aliphatic carbocycles. The van der Waals surface area contributed by atoms with Crippen LogP contribution in [0.3, 0.4) is 0 Å². The smallest absolute Gasteiger partial charge is 0.315 e. The molecule has 22 heavy (non-hydrogen) atoms. The SMILES string of the molecule is CC(NC(=O)NC12CC3CC(CC(C3)C1)C2)c1ccccn1. The molecule has 4 heteroatoms. The zero-order valence-corrected chi connectivity index (χ0v) is 13.2. The second kappa shape index (κ2) is 5.25. The zero-order valence-electron chi connectivity index (χ0n) is 13.2. The first kappa shape index (κ1) is 14.0. The average molecular weight is 299 g/mol. The van der Waals surface area contributed by atoms with Gasteiger partial charge in [0.05, 0.1) is 11.7 Å². The average Bonchev–Trinajstić information content (AvgIpc) is 2.45. The first-order valence-electron chi connectivity index (χ1n) is 8.61. The van der Waals surface area contributed by atoms with Crippen LogP contribution in [0.2, 0.25) is 0 Å². The van der Waals surface area contributed by atoms with Crippen molar-refractivity contribution in [3.8, 4) is 0 Å². The normalized spacial score (nSPS) is 36.9. The molecule has 1 unspecified atom stereocenters. The van der Waals surface area contributed by atoms with Crippen molar-refractivity contribution in [1.82, 2.24) is 15.6 Å². The molecule has 2 amide bonds. The summed E-state index contributed by atoms with van der Waals surface area (Å²) in [6, 6.07) is 5.72. The van der Waals surface area contributed by atoms with Crippen LogP contribution in [0.25, 0.3) is 0 Å². The Labute approximate surface area is 132 Å². The zero-order chi connectivity index (χ0) is 15.2. The molecule has 0 aromatic carbocycles. The van der Waals surface area contributed by atoms with Gasteiger partial charge in [-0.1, -0.05) is 6.07 Å². The summed E-state index contributed by atoms with van der Waals surface area (Å²) in [5.41, 5.74) is 0.978. The van der Waals surface area contributed by atoms with E-state index in [9.17, 15) is 4.79 Å². The molecule has 4 bridgehead atoms. The monoisotopic (exact) mass is 299 g/mol. The predicted octanol–water partition coefficient (Wildman–Crippen LogP) is 3.41. The Kier molecular flexibility index (Phi) is 3.35. The Bertz CT molecular complexity index is 521. The largest absolute Gasteiger partial charge is 0.333 e. The van der Waals surface area contributed by atoms with Crippen molar-refractivity contribution in [2.75, 3.05) is 0 Å². The summed E-state index contributed by atoms with van der Waals surface area (Å²) >= 11 is 0. The molecule has 0 radical (unpaired) electrons. The van der Waals surface area contributed by atoms with Crippen molar-refractivity contribution in [3.63, 3.8) is 0 Å². The van der Waals surface area contributed by atoms with E-state index < -0.39 is 0 Å². The number of hydrogen-bond donors (Lipinski definition) is 2. The highest BCUT2D eigenvalue weighted by molar-refractivity contribution is 5.75. The van der Waals surface area contributed by atoms with E-state index in [4.69, 9.17) is 0 Å². The fraction of sp³-hybridized carbons (Fsp3) is 0.667. The third-order valence-electron chi connectivity index (χ3n) is 5.90. The Balaban J connectivity index is 1.40. The molecule has 2 N–H and O–H groups in total. The molecular formula is C18H25N3O. The lowest BCUT2D eigenvalue weighted by Crippen LogP contribution is -2.61. The second-order valence-corrected chi connectivity index (χ2v) is 7.77. The van der Waals surface area contributed by atoms with Gasteiger partial charge >= 0.3 is 6.03 Å². The molecule has 4 fully saturated rings. The van der Waals surface area contributed by atoms with Crippen molar-refractivity contribution >= 4 is 6.03 Å². The maximum absolute atomic E-state index is 12.5. The summed E-state index contributed by atoms with van der Waals surface area (Å²) in [6.07, 6.45) is 9.51. The molecule has 0 aliphatic heterocycles. The molecule has 1 aromatic heterocycles.